The van der Waals surface area contributed by atoms with Crippen molar-refractivity contribution in [2.24, 2.45) is 17.3 Å². The fourth-order valence-electron chi connectivity index (χ4n) is 9.23. The summed E-state index contributed by atoms with van der Waals surface area (Å²) in [7, 11) is -2.75. The average Bonchev–Trinajstić information content (AvgIpc) is 3.34. The van der Waals surface area contributed by atoms with Gasteiger partial charge in [-0.05, 0) is 153 Å². The van der Waals surface area contributed by atoms with Crippen LogP contribution >= 0.6 is 11.8 Å². The molecule has 11 heteroatoms. The highest BCUT2D eigenvalue weighted by Crippen LogP contribution is 2.66. The number of benzene rings is 3. The van der Waals surface area contributed by atoms with Crippen LogP contribution in [0.5, 0.6) is 11.5 Å². The quantitative estimate of drug-likeness (QED) is 0.170. The highest BCUT2D eigenvalue weighted by molar-refractivity contribution is 8.18. The van der Waals surface area contributed by atoms with Crippen LogP contribution in [-0.2, 0) is 25.1 Å². The Labute approximate surface area is 304 Å². The zero-order chi connectivity index (χ0) is 36.3. The van der Waals surface area contributed by atoms with Gasteiger partial charge in [-0.15, -0.1) is 0 Å². The summed E-state index contributed by atoms with van der Waals surface area (Å²) >= 11 is 0.828. The van der Waals surface area contributed by atoms with Crippen LogP contribution in [0.25, 0.3) is 6.08 Å². The third kappa shape index (κ3) is 6.59. The predicted octanol–water partition coefficient (Wildman–Crippen LogP) is 7.39. The second-order valence-electron chi connectivity index (χ2n) is 15.1. The van der Waals surface area contributed by atoms with Gasteiger partial charge in [-0.1, -0.05) is 36.4 Å². The fourth-order valence-corrected chi connectivity index (χ4v) is 11.4. The van der Waals surface area contributed by atoms with Crippen LogP contribution in [0.3, 0.4) is 0 Å². The molecule has 1 saturated heterocycles. The molecule has 9 nitrogen and oxygen atoms in total. The summed E-state index contributed by atoms with van der Waals surface area (Å²) in [5.41, 5.74) is 5.41. The third-order valence-electron chi connectivity index (χ3n) is 11.5. The van der Waals surface area contributed by atoms with E-state index in [-0.39, 0.29) is 45.7 Å². The molecule has 3 aromatic rings. The number of nitrogens with zero attached hydrogens (tertiary/aromatic N) is 1. The Morgan fingerprint density at radius 3 is 2.35 bits per heavy atom. The van der Waals surface area contributed by atoms with E-state index in [4.69, 9.17) is 8.92 Å². The van der Waals surface area contributed by atoms with Crippen LogP contribution in [0, 0.1) is 44.9 Å². The smallest absolute Gasteiger partial charge is 0.339 e. The second kappa shape index (κ2) is 13.2. The summed E-state index contributed by atoms with van der Waals surface area (Å²) in [6.07, 6.45) is 7.68. The van der Waals surface area contributed by atoms with E-state index in [0.29, 0.717) is 23.0 Å². The van der Waals surface area contributed by atoms with Gasteiger partial charge < -0.3 is 14.2 Å². The maximum Gasteiger partial charge on any atom is 0.339 e. The van der Waals surface area contributed by atoms with Crippen molar-refractivity contribution in [1.82, 2.24) is 10.2 Å². The van der Waals surface area contributed by atoms with Gasteiger partial charge >= 0.3 is 10.1 Å². The van der Waals surface area contributed by atoms with E-state index in [0.717, 1.165) is 49.4 Å². The predicted molar refractivity (Wildman–Crippen MR) is 197 cm³/mol. The zero-order valence-electron chi connectivity index (χ0n) is 29.7. The molecule has 4 saturated carbocycles. The number of hydrogen-bond acceptors (Lipinski definition) is 8. The largest absolute Gasteiger partial charge is 0.493 e. The molecule has 3 aromatic carbocycles. The first-order chi connectivity index (χ1) is 24.2. The zero-order valence-corrected chi connectivity index (χ0v) is 31.3. The average molecular weight is 729 g/mol. The summed E-state index contributed by atoms with van der Waals surface area (Å²) in [5, 5.41) is 2.72. The highest BCUT2D eigenvalue weighted by Gasteiger charge is 2.61. The van der Waals surface area contributed by atoms with Gasteiger partial charge in [0.25, 0.3) is 11.1 Å². The number of thioether (sulfide) groups is 1. The van der Waals surface area contributed by atoms with E-state index in [9.17, 15) is 22.8 Å². The van der Waals surface area contributed by atoms with Gasteiger partial charge in [0.15, 0.2) is 11.5 Å². The molecule has 4 aliphatic carbocycles. The van der Waals surface area contributed by atoms with Crippen molar-refractivity contribution >= 4 is 45.0 Å². The van der Waals surface area contributed by atoms with Gasteiger partial charge in [0, 0.05) is 13.1 Å². The molecule has 51 heavy (non-hydrogen) atoms. The molecular weight excluding hydrogens is 685 g/mol. The molecule has 1 N–H and O–H groups in total. The fraction of sp³-hybridized carbons (Fsp3) is 0.425. The van der Waals surface area contributed by atoms with Crippen LogP contribution in [-0.4, -0.2) is 50.6 Å². The lowest BCUT2D eigenvalue weighted by molar-refractivity contribution is -0.149. The Kier molecular flexibility index (Phi) is 9.11. The van der Waals surface area contributed by atoms with Crippen molar-refractivity contribution in [2.45, 2.75) is 76.5 Å². The molecule has 5 aliphatic rings. The van der Waals surface area contributed by atoms with E-state index < -0.39 is 26.7 Å². The van der Waals surface area contributed by atoms with E-state index in [1.807, 2.05) is 6.07 Å². The van der Waals surface area contributed by atoms with Crippen molar-refractivity contribution in [3.63, 3.8) is 0 Å². The van der Waals surface area contributed by atoms with E-state index in [1.54, 1.807) is 44.2 Å². The minimum absolute atomic E-state index is 0.00155. The lowest BCUT2D eigenvalue weighted by Crippen LogP contribution is -2.59. The summed E-state index contributed by atoms with van der Waals surface area (Å²) in [5.74, 6) is 0.818. The Bertz CT molecular complexity index is 2080. The van der Waals surface area contributed by atoms with Crippen molar-refractivity contribution in [2.75, 3.05) is 20.2 Å². The lowest BCUT2D eigenvalue weighted by atomic mass is 9.42. The van der Waals surface area contributed by atoms with Crippen molar-refractivity contribution in [3.05, 3.63) is 92.9 Å². The summed E-state index contributed by atoms with van der Waals surface area (Å²) < 4.78 is 37.1. The molecule has 4 bridgehead atoms. The Morgan fingerprint density at radius 1 is 0.922 bits per heavy atom. The normalized spacial score (nSPS) is 26.2. The number of nitrogens with one attached hydrogen (secondary N) is 1. The molecule has 0 radical (unpaired) electrons. The number of hydrogen-bond donors (Lipinski definition) is 1. The minimum Gasteiger partial charge on any atom is -0.493 e. The molecule has 3 amide bonds. The molecule has 8 rings (SSSR count). The number of amides is 3. The lowest BCUT2D eigenvalue weighted by Gasteiger charge is -2.61. The van der Waals surface area contributed by atoms with E-state index >= 15 is 0 Å². The van der Waals surface area contributed by atoms with Crippen molar-refractivity contribution < 1.29 is 31.7 Å². The summed E-state index contributed by atoms with van der Waals surface area (Å²) in [6.45, 7) is 8.06. The van der Waals surface area contributed by atoms with Gasteiger partial charge in [-0.25, -0.2) is 0 Å². The standard InChI is InChI=1S/C40H44N2O7S2/c1-24-6-7-26(3)35(14-24)51(46,47)49-32-11-9-28(17-33(32)48-5)18-34-36(43)42(38(45)50-34)13-12-41-37(44)40-21-29-16-30(22-40)20-39(19-29,23-40)31-10-8-25(2)27(4)15-31/h6-11,14-15,17-18,29-30H,12-13,16,19-23H2,1-5H3,(H,41,44)/b34-18+. The van der Waals surface area contributed by atoms with Crippen LogP contribution in [0.15, 0.2) is 64.4 Å². The van der Waals surface area contributed by atoms with Gasteiger partial charge in [0.05, 0.1) is 17.4 Å². The maximum absolute atomic E-state index is 13.9. The molecule has 1 aliphatic heterocycles. The summed E-state index contributed by atoms with van der Waals surface area (Å²) in [6, 6.07) is 16.5. The van der Waals surface area contributed by atoms with E-state index in [1.165, 1.54) is 41.2 Å². The number of rotatable bonds is 10. The Morgan fingerprint density at radius 2 is 1.65 bits per heavy atom. The first-order valence-corrected chi connectivity index (χ1v) is 19.7. The molecule has 2 atom stereocenters. The monoisotopic (exact) mass is 728 g/mol. The third-order valence-corrected chi connectivity index (χ3v) is 13.7. The molecule has 2 unspecified atom stereocenters. The van der Waals surface area contributed by atoms with Gasteiger partial charge in [-0.3, -0.25) is 19.3 Å². The molecule has 268 valence electrons. The number of methoxy groups -OCH3 is 1. The Balaban J connectivity index is 1.00. The second-order valence-corrected chi connectivity index (χ2v) is 17.6. The molecule has 0 spiro atoms. The number of aryl methyl sites for hydroxylation is 4. The number of carbonyl (C=O) groups excluding carboxylic acids is 3. The van der Waals surface area contributed by atoms with Gasteiger partial charge in [0.1, 0.15) is 4.90 Å². The number of ether oxygens (including phenoxy) is 1. The first-order valence-electron chi connectivity index (χ1n) is 17.5. The van der Waals surface area contributed by atoms with Crippen LogP contribution in [0.4, 0.5) is 4.79 Å². The number of imide groups is 1. The van der Waals surface area contributed by atoms with Crippen LogP contribution in [0.1, 0.15) is 71.9 Å². The van der Waals surface area contributed by atoms with Crippen molar-refractivity contribution in [3.8, 4) is 11.5 Å². The maximum atomic E-state index is 13.9. The first kappa shape index (κ1) is 35.3. The number of carbonyl (C=O) groups is 3. The topological polar surface area (TPSA) is 119 Å². The van der Waals surface area contributed by atoms with Gasteiger partial charge in [0.2, 0.25) is 5.91 Å². The molecular formula is C40H44N2O7S2. The molecule has 0 aromatic heterocycles. The minimum atomic E-state index is -4.14. The SMILES string of the molecule is COc1cc(/C=C2/SC(=O)N(CCNC(=O)C34CC5CC(C3)CC(c3ccc(C)c(C)c3)(C5)C4)C2=O)ccc1OS(=O)(=O)c1cc(C)ccc1C. The summed E-state index contributed by atoms with van der Waals surface area (Å²) in [4.78, 5) is 41.7. The molecule has 5 fully saturated rings. The van der Waals surface area contributed by atoms with Crippen LogP contribution < -0.4 is 14.2 Å². The Hall–Kier alpha value is -4.09. The van der Waals surface area contributed by atoms with Gasteiger partial charge in [-0.2, -0.15) is 8.42 Å². The highest BCUT2D eigenvalue weighted by atomic mass is 32.2. The van der Waals surface area contributed by atoms with E-state index in [2.05, 4.69) is 37.4 Å². The molecule has 1 heterocycles. The van der Waals surface area contributed by atoms with Crippen molar-refractivity contribution in [1.29, 1.82) is 0 Å². The van der Waals surface area contributed by atoms with Crippen LogP contribution in [0.2, 0.25) is 0 Å².